The van der Waals surface area contributed by atoms with Crippen molar-refractivity contribution < 1.29 is 9.84 Å². The monoisotopic (exact) mass is 224 g/mol. The average Bonchev–Trinajstić information content (AvgIpc) is 2.68. The fraction of sp³-hybridized carbons (Fsp3) is 0.750. The molecular formula is C12H20N2O2. The molecule has 1 aliphatic rings. The lowest BCUT2D eigenvalue weighted by Crippen LogP contribution is -2.25. The maximum atomic E-state index is 9.37. The van der Waals surface area contributed by atoms with Gasteiger partial charge >= 0.3 is 0 Å². The summed E-state index contributed by atoms with van der Waals surface area (Å²) in [6.45, 7) is 3.60. The second kappa shape index (κ2) is 5.46. The van der Waals surface area contributed by atoms with E-state index in [9.17, 15) is 5.11 Å². The van der Waals surface area contributed by atoms with E-state index in [0.717, 1.165) is 44.7 Å². The Morgan fingerprint density at radius 2 is 2.19 bits per heavy atom. The van der Waals surface area contributed by atoms with Crippen molar-refractivity contribution >= 4 is 0 Å². The predicted molar refractivity (Wildman–Crippen MR) is 61.2 cm³/mol. The molecule has 2 rings (SSSR count). The Morgan fingerprint density at radius 1 is 1.44 bits per heavy atom. The van der Waals surface area contributed by atoms with E-state index in [-0.39, 0.29) is 6.10 Å². The van der Waals surface area contributed by atoms with Crippen LogP contribution in [0.5, 0.6) is 0 Å². The van der Waals surface area contributed by atoms with Gasteiger partial charge in [-0.2, -0.15) is 0 Å². The number of aliphatic hydroxyl groups is 1. The molecule has 4 heteroatoms. The quantitative estimate of drug-likeness (QED) is 0.843. The summed E-state index contributed by atoms with van der Waals surface area (Å²) < 4.78 is 7.89. The van der Waals surface area contributed by atoms with Crippen LogP contribution < -0.4 is 0 Å². The lowest BCUT2D eigenvalue weighted by molar-refractivity contribution is -0.00609. The Bertz CT molecular complexity index is 317. The molecular weight excluding hydrogens is 204 g/mol. The summed E-state index contributed by atoms with van der Waals surface area (Å²) in [4.78, 5) is 4.17. The summed E-state index contributed by atoms with van der Waals surface area (Å²) in [6.07, 6.45) is 7.77. The van der Waals surface area contributed by atoms with E-state index >= 15 is 0 Å². The number of imidazole rings is 1. The van der Waals surface area contributed by atoms with Crippen molar-refractivity contribution in [2.24, 2.45) is 0 Å². The van der Waals surface area contributed by atoms with Gasteiger partial charge in [0, 0.05) is 18.9 Å². The molecule has 1 saturated carbocycles. The van der Waals surface area contributed by atoms with Crippen LogP contribution in [0.3, 0.4) is 0 Å². The topological polar surface area (TPSA) is 47.3 Å². The van der Waals surface area contributed by atoms with Gasteiger partial charge < -0.3 is 14.4 Å². The second-order valence-corrected chi connectivity index (χ2v) is 4.47. The van der Waals surface area contributed by atoms with Crippen LogP contribution in [0.2, 0.25) is 0 Å². The van der Waals surface area contributed by atoms with E-state index in [1.165, 1.54) is 0 Å². The molecule has 0 spiro atoms. The molecule has 1 fully saturated rings. The van der Waals surface area contributed by atoms with E-state index in [1.807, 2.05) is 19.3 Å². The molecule has 0 bridgehead atoms. The number of nitrogens with zero attached hydrogens (tertiary/aromatic N) is 2. The van der Waals surface area contributed by atoms with Crippen LogP contribution in [0, 0.1) is 6.92 Å². The first-order chi connectivity index (χ1) is 7.75. The summed E-state index contributed by atoms with van der Waals surface area (Å²) >= 11 is 0. The Hall–Kier alpha value is -0.870. The SMILES string of the molecule is Cc1nccn1CCOC1CCC(O)CC1. The number of hydrogen-bond donors (Lipinski definition) is 1. The van der Waals surface area contributed by atoms with Crippen LogP contribution >= 0.6 is 0 Å². The van der Waals surface area contributed by atoms with E-state index in [2.05, 4.69) is 9.55 Å². The fourth-order valence-electron chi connectivity index (χ4n) is 2.17. The molecule has 0 saturated heterocycles. The maximum Gasteiger partial charge on any atom is 0.105 e. The molecule has 1 aromatic rings. The van der Waals surface area contributed by atoms with Gasteiger partial charge in [0.15, 0.2) is 0 Å². The van der Waals surface area contributed by atoms with Gasteiger partial charge in [-0.05, 0) is 32.6 Å². The first-order valence-electron chi connectivity index (χ1n) is 6.03. The van der Waals surface area contributed by atoms with Crippen LogP contribution in [-0.4, -0.2) is 33.5 Å². The van der Waals surface area contributed by atoms with Crippen LogP contribution in [0.4, 0.5) is 0 Å². The van der Waals surface area contributed by atoms with Crippen molar-refractivity contribution in [1.29, 1.82) is 0 Å². The smallest absolute Gasteiger partial charge is 0.105 e. The molecule has 0 aliphatic heterocycles. The average molecular weight is 224 g/mol. The van der Waals surface area contributed by atoms with Gasteiger partial charge in [-0.3, -0.25) is 0 Å². The van der Waals surface area contributed by atoms with Gasteiger partial charge in [-0.15, -0.1) is 0 Å². The zero-order valence-electron chi connectivity index (χ0n) is 9.80. The van der Waals surface area contributed by atoms with Crippen LogP contribution in [0.25, 0.3) is 0 Å². The van der Waals surface area contributed by atoms with Crippen molar-refractivity contribution in [2.45, 2.75) is 51.4 Å². The number of aryl methyl sites for hydroxylation is 1. The Labute approximate surface area is 96.3 Å². The molecule has 0 amide bonds. The number of hydrogen-bond acceptors (Lipinski definition) is 3. The van der Waals surface area contributed by atoms with Crippen LogP contribution in [0.15, 0.2) is 12.4 Å². The van der Waals surface area contributed by atoms with Gasteiger partial charge in [0.25, 0.3) is 0 Å². The number of ether oxygens (including phenoxy) is 1. The third-order valence-electron chi connectivity index (χ3n) is 3.25. The zero-order valence-corrected chi connectivity index (χ0v) is 9.80. The molecule has 0 atom stereocenters. The molecule has 90 valence electrons. The molecule has 1 aromatic heterocycles. The van der Waals surface area contributed by atoms with Gasteiger partial charge in [-0.25, -0.2) is 4.98 Å². The number of aromatic nitrogens is 2. The first-order valence-corrected chi connectivity index (χ1v) is 6.03. The highest BCUT2D eigenvalue weighted by molar-refractivity contribution is 4.88. The lowest BCUT2D eigenvalue weighted by atomic mass is 9.95. The molecule has 1 aliphatic carbocycles. The summed E-state index contributed by atoms with van der Waals surface area (Å²) in [5.41, 5.74) is 0. The minimum absolute atomic E-state index is 0.101. The van der Waals surface area contributed by atoms with Gasteiger partial charge in [-0.1, -0.05) is 0 Å². The van der Waals surface area contributed by atoms with E-state index < -0.39 is 0 Å². The fourth-order valence-corrected chi connectivity index (χ4v) is 2.17. The molecule has 0 aromatic carbocycles. The molecule has 0 radical (unpaired) electrons. The molecule has 0 unspecified atom stereocenters. The lowest BCUT2D eigenvalue weighted by Gasteiger charge is -2.25. The summed E-state index contributed by atoms with van der Waals surface area (Å²) in [5, 5.41) is 9.37. The molecule has 1 N–H and O–H groups in total. The highest BCUT2D eigenvalue weighted by Crippen LogP contribution is 2.20. The van der Waals surface area contributed by atoms with Crippen LogP contribution in [-0.2, 0) is 11.3 Å². The Balaban J connectivity index is 1.67. The number of aliphatic hydroxyl groups excluding tert-OH is 1. The standard InChI is InChI=1S/C12H20N2O2/c1-10-13-6-7-14(10)8-9-16-12-4-2-11(15)3-5-12/h6-7,11-12,15H,2-5,8-9H2,1H3. The van der Waals surface area contributed by atoms with Crippen molar-refractivity contribution in [3.8, 4) is 0 Å². The molecule has 16 heavy (non-hydrogen) atoms. The Morgan fingerprint density at radius 3 is 2.81 bits per heavy atom. The minimum atomic E-state index is -0.101. The Kier molecular flexibility index (Phi) is 3.96. The summed E-state index contributed by atoms with van der Waals surface area (Å²) in [5.74, 6) is 1.03. The maximum absolute atomic E-state index is 9.37. The largest absolute Gasteiger partial charge is 0.393 e. The summed E-state index contributed by atoms with van der Waals surface area (Å²) in [6, 6.07) is 0. The van der Waals surface area contributed by atoms with Crippen molar-refractivity contribution in [3.63, 3.8) is 0 Å². The zero-order chi connectivity index (χ0) is 11.4. The van der Waals surface area contributed by atoms with Crippen molar-refractivity contribution in [3.05, 3.63) is 18.2 Å². The van der Waals surface area contributed by atoms with Gasteiger partial charge in [0.1, 0.15) is 5.82 Å². The van der Waals surface area contributed by atoms with E-state index in [0.29, 0.717) is 6.10 Å². The molecule has 1 heterocycles. The third kappa shape index (κ3) is 3.06. The van der Waals surface area contributed by atoms with Crippen molar-refractivity contribution in [2.75, 3.05) is 6.61 Å². The normalized spacial score (nSPS) is 25.9. The number of rotatable bonds is 4. The minimum Gasteiger partial charge on any atom is -0.393 e. The van der Waals surface area contributed by atoms with E-state index in [1.54, 1.807) is 0 Å². The predicted octanol–water partition coefficient (Wildman–Crippen LogP) is 1.51. The van der Waals surface area contributed by atoms with Gasteiger partial charge in [0.2, 0.25) is 0 Å². The second-order valence-electron chi connectivity index (χ2n) is 4.47. The highest BCUT2D eigenvalue weighted by Gasteiger charge is 2.19. The van der Waals surface area contributed by atoms with E-state index in [4.69, 9.17) is 4.74 Å². The summed E-state index contributed by atoms with van der Waals surface area (Å²) in [7, 11) is 0. The molecule has 4 nitrogen and oxygen atoms in total. The first kappa shape index (κ1) is 11.6. The third-order valence-corrected chi connectivity index (χ3v) is 3.25. The van der Waals surface area contributed by atoms with Crippen molar-refractivity contribution in [1.82, 2.24) is 9.55 Å². The van der Waals surface area contributed by atoms with Crippen LogP contribution in [0.1, 0.15) is 31.5 Å². The highest BCUT2D eigenvalue weighted by atomic mass is 16.5. The van der Waals surface area contributed by atoms with Gasteiger partial charge in [0.05, 0.1) is 18.8 Å².